The highest BCUT2D eigenvalue weighted by molar-refractivity contribution is 9.11. The van der Waals surface area contributed by atoms with Crippen molar-refractivity contribution < 1.29 is 19.1 Å². The monoisotopic (exact) mass is 404 g/mol. The Balaban J connectivity index is 1.50. The van der Waals surface area contributed by atoms with Crippen LogP contribution in [0.2, 0.25) is 0 Å². The van der Waals surface area contributed by atoms with Gasteiger partial charge in [-0.3, -0.25) is 4.79 Å². The average Bonchev–Trinajstić information content (AvgIpc) is 3.04. The van der Waals surface area contributed by atoms with Gasteiger partial charge in [-0.1, -0.05) is 30.3 Å². The minimum Gasteiger partial charge on any atom is -0.482 e. The first-order chi connectivity index (χ1) is 11.6. The number of halogens is 1. The van der Waals surface area contributed by atoms with Crippen LogP contribution in [0.1, 0.15) is 9.67 Å². The second kappa shape index (κ2) is 7.59. The van der Waals surface area contributed by atoms with E-state index in [0.717, 1.165) is 14.6 Å². The van der Waals surface area contributed by atoms with Crippen molar-refractivity contribution in [1.29, 1.82) is 0 Å². The molecule has 4 nitrogen and oxygen atoms in total. The van der Waals surface area contributed by atoms with Gasteiger partial charge < -0.3 is 9.47 Å². The molecule has 2 aromatic carbocycles. The number of esters is 1. The van der Waals surface area contributed by atoms with Gasteiger partial charge in [0, 0.05) is 0 Å². The van der Waals surface area contributed by atoms with Crippen LogP contribution in [-0.2, 0) is 9.53 Å². The normalized spacial score (nSPS) is 10.5. The summed E-state index contributed by atoms with van der Waals surface area (Å²) in [5, 5.41) is 2.13. The van der Waals surface area contributed by atoms with Crippen LogP contribution in [0.5, 0.6) is 5.75 Å². The van der Waals surface area contributed by atoms with Crippen LogP contribution in [0.3, 0.4) is 0 Å². The third-order valence-electron chi connectivity index (χ3n) is 3.29. The second-order valence-corrected chi connectivity index (χ2v) is 7.45. The number of hydrogen-bond acceptors (Lipinski definition) is 5. The first kappa shape index (κ1) is 16.7. The Hall–Kier alpha value is -2.18. The van der Waals surface area contributed by atoms with Gasteiger partial charge in [-0.2, -0.15) is 0 Å². The number of ether oxygens (including phenoxy) is 2. The zero-order valence-electron chi connectivity index (χ0n) is 12.5. The number of Topliss-reactive ketones (excluding diaryl/α,β-unsaturated/α-hetero) is 1. The number of benzene rings is 2. The summed E-state index contributed by atoms with van der Waals surface area (Å²) in [6.45, 7) is -0.521. The van der Waals surface area contributed by atoms with Gasteiger partial charge in [0.25, 0.3) is 0 Å². The quantitative estimate of drug-likeness (QED) is 0.449. The van der Waals surface area contributed by atoms with Crippen LogP contribution in [-0.4, -0.2) is 25.0 Å². The van der Waals surface area contributed by atoms with Gasteiger partial charge in [0.05, 0.1) is 8.66 Å². The molecular weight excluding hydrogens is 392 g/mol. The van der Waals surface area contributed by atoms with Crippen molar-refractivity contribution in [2.45, 2.75) is 0 Å². The minimum absolute atomic E-state index is 0.232. The number of carbonyl (C=O) groups excluding carboxylic acids is 2. The molecule has 0 saturated heterocycles. The number of fused-ring (bicyclic) bond motifs is 1. The molecule has 6 heteroatoms. The van der Waals surface area contributed by atoms with E-state index in [0.29, 0.717) is 10.6 Å². The lowest BCUT2D eigenvalue weighted by atomic mass is 10.1. The maximum absolute atomic E-state index is 11.9. The SMILES string of the molecule is O=C(COc1ccc2ccccc2c1)OCC(=O)c1ccc(Br)s1. The molecule has 0 bridgehead atoms. The van der Waals surface area contributed by atoms with Crippen molar-refractivity contribution in [3.63, 3.8) is 0 Å². The highest BCUT2D eigenvalue weighted by atomic mass is 79.9. The first-order valence-corrected chi connectivity index (χ1v) is 8.78. The van der Waals surface area contributed by atoms with E-state index in [9.17, 15) is 9.59 Å². The Labute approximate surface area is 151 Å². The first-order valence-electron chi connectivity index (χ1n) is 7.17. The standard InChI is InChI=1S/C18H13BrO4S/c19-17-8-7-16(24-17)15(20)10-23-18(21)11-22-14-6-5-12-3-1-2-4-13(12)9-14/h1-9H,10-11H2. The number of thiophene rings is 1. The zero-order chi connectivity index (χ0) is 16.9. The molecule has 1 heterocycles. The molecule has 0 radical (unpaired) electrons. The van der Waals surface area contributed by atoms with Gasteiger partial charge in [0.2, 0.25) is 5.78 Å². The number of ketones is 1. The molecule has 0 atom stereocenters. The summed E-state index contributed by atoms with van der Waals surface area (Å²) >= 11 is 4.59. The van der Waals surface area contributed by atoms with Gasteiger partial charge in [0.15, 0.2) is 13.2 Å². The maximum atomic E-state index is 11.9. The van der Waals surface area contributed by atoms with Crippen LogP contribution in [0.15, 0.2) is 58.4 Å². The van der Waals surface area contributed by atoms with E-state index in [-0.39, 0.29) is 19.0 Å². The Morgan fingerprint density at radius 3 is 2.50 bits per heavy atom. The van der Waals surface area contributed by atoms with E-state index in [1.54, 1.807) is 18.2 Å². The van der Waals surface area contributed by atoms with Gasteiger partial charge in [0.1, 0.15) is 5.75 Å². The molecule has 3 rings (SSSR count). The fourth-order valence-corrected chi connectivity index (χ4v) is 3.43. The Morgan fingerprint density at radius 1 is 0.958 bits per heavy atom. The summed E-state index contributed by atoms with van der Waals surface area (Å²) in [6, 6.07) is 16.9. The Kier molecular flexibility index (Phi) is 5.27. The maximum Gasteiger partial charge on any atom is 0.344 e. The number of rotatable bonds is 6. The zero-order valence-corrected chi connectivity index (χ0v) is 14.9. The van der Waals surface area contributed by atoms with E-state index in [4.69, 9.17) is 9.47 Å². The molecule has 0 N–H and O–H groups in total. The molecule has 24 heavy (non-hydrogen) atoms. The fourth-order valence-electron chi connectivity index (χ4n) is 2.12. The number of hydrogen-bond donors (Lipinski definition) is 0. The van der Waals surface area contributed by atoms with Crippen LogP contribution in [0.25, 0.3) is 10.8 Å². The average molecular weight is 405 g/mol. The van der Waals surface area contributed by atoms with Crippen molar-refractivity contribution in [2.24, 2.45) is 0 Å². The van der Waals surface area contributed by atoms with Crippen molar-refractivity contribution in [2.75, 3.05) is 13.2 Å². The molecular formula is C18H13BrO4S. The highest BCUT2D eigenvalue weighted by Crippen LogP contribution is 2.22. The lowest BCUT2D eigenvalue weighted by Gasteiger charge is -2.07. The van der Waals surface area contributed by atoms with E-state index in [1.165, 1.54) is 11.3 Å². The van der Waals surface area contributed by atoms with Crippen LogP contribution >= 0.6 is 27.3 Å². The van der Waals surface area contributed by atoms with Gasteiger partial charge in [-0.25, -0.2) is 4.79 Å². The summed E-state index contributed by atoms with van der Waals surface area (Å²) in [5.74, 6) is -0.226. The molecule has 0 aliphatic rings. The summed E-state index contributed by atoms with van der Waals surface area (Å²) < 4.78 is 11.2. The van der Waals surface area contributed by atoms with Crippen LogP contribution < -0.4 is 4.74 Å². The molecule has 1 aromatic heterocycles. The molecule has 0 amide bonds. The predicted molar refractivity (Wildman–Crippen MR) is 96.8 cm³/mol. The van der Waals surface area contributed by atoms with Crippen LogP contribution in [0.4, 0.5) is 0 Å². The van der Waals surface area contributed by atoms with Gasteiger partial charge in [-0.15, -0.1) is 11.3 Å². The van der Waals surface area contributed by atoms with E-state index in [1.807, 2.05) is 36.4 Å². The molecule has 3 aromatic rings. The number of carbonyl (C=O) groups is 2. The smallest absolute Gasteiger partial charge is 0.344 e. The molecule has 0 fully saturated rings. The summed E-state index contributed by atoms with van der Waals surface area (Å²) in [4.78, 5) is 24.1. The molecule has 0 unspecified atom stereocenters. The van der Waals surface area contributed by atoms with E-state index >= 15 is 0 Å². The van der Waals surface area contributed by atoms with Crippen molar-refractivity contribution in [3.8, 4) is 5.75 Å². The Morgan fingerprint density at radius 2 is 1.75 bits per heavy atom. The largest absolute Gasteiger partial charge is 0.482 e. The topological polar surface area (TPSA) is 52.6 Å². The Bertz CT molecular complexity index is 887. The van der Waals surface area contributed by atoms with E-state index in [2.05, 4.69) is 15.9 Å². The van der Waals surface area contributed by atoms with Crippen molar-refractivity contribution >= 4 is 49.8 Å². The van der Waals surface area contributed by atoms with Gasteiger partial charge >= 0.3 is 5.97 Å². The summed E-state index contributed by atoms with van der Waals surface area (Å²) in [7, 11) is 0. The van der Waals surface area contributed by atoms with E-state index < -0.39 is 5.97 Å². The van der Waals surface area contributed by atoms with Crippen LogP contribution in [0, 0.1) is 0 Å². The molecule has 0 spiro atoms. The van der Waals surface area contributed by atoms with Gasteiger partial charge in [-0.05, 0) is 51.0 Å². The lowest BCUT2D eigenvalue weighted by Crippen LogP contribution is -2.19. The van der Waals surface area contributed by atoms with Crippen molar-refractivity contribution in [3.05, 3.63) is 63.3 Å². The summed E-state index contributed by atoms with van der Waals surface area (Å²) in [6.07, 6.45) is 0. The predicted octanol–water partition coefficient (Wildman–Crippen LogP) is 4.47. The molecule has 0 aliphatic heterocycles. The third kappa shape index (κ3) is 4.21. The summed E-state index contributed by atoms with van der Waals surface area (Å²) in [5.41, 5.74) is 0. The third-order valence-corrected chi connectivity index (χ3v) is 4.95. The van der Waals surface area contributed by atoms with Crippen molar-refractivity contribution in [1.82, 2.24) is 0 Å². The highest BCUT2D eigenvalue weighted by Gasteiger charge is 2.12. The minimum atomic E-state index is -0.577. The fraction of sp³-hybridized carbons (Fsp3) is 0.111. The molecule has 0 aliphatic carbocycles. The second-order valence-electron chi connectivity index (χ2n) is 4.99. The molecule has 122 valence electrons. The lowest BCUT2D eigenvalue weighted by molar-refractivity contribution is -0.144. The molecule has 0 saturated carbocycles.